The van der Waals surface area contributed by atoms with E-state index in [1.807, 2.05) is 0 Å². The highest BCUT2D eigenvalue weighted by molar-refractivity contribution is 5.73. The number of hydrogen-bond acceptors (Lipinski definition) is 7. The SMILES string of the molecule is CO[C@H]1O[C@H](COC(C)=O)[C@H](N(C)C(C)=O)[C@H]1OC(C)=O. The van der Waals surface area contributed by atoms with Gasteiger partial charge in [-0.25, -0.2) is 0 Å². The normalized spacial score (nSPS) is 28.0. The third-order valence-corrected chi connectivity index (χ3v) is 3.22. The Balaban J connectivity index is 2.97. The van der Waals surface area contributed by atoms with E-state index >= 15 is 0 Å². The maximum absolute atomic E-state index is 11.6. The van der Waals surface area contributed by atoms with Gasteiger partial charge in [-0.15, -0.1) is 0 Å². The van der Waals surface area contributed by atoms with Crippen molar-refractivity contribution in [2.45, 2.75) is 45.3 Å². The molecule has 1 heterocycles. The van der Waals surface area contributed by atoms with Crippen molar-refractivity contribution in [3.63, 3.8) is 0 Å². The fourth-order valence-corrected chi connectivity index (χ4v) is 2.23. The first-order valence-electron chi connectivity index (χ1n) is 6.50. The van der Waals surface area contributed by atoms with Gasteiger partial charge in [0.2, 0.25) is 5.91 Å². The minimum atomic E-state index is -0.832. The first-order chi connectivity index (χ1) is 9.77. The molecule has 1 fully saturated rings. The molecule has 0 N–H and O–H groups in total. The van der Waals surface area contributed by atoms with Gasteiger partial charge in [-0.05, 0) is 0 Å². The highest BCUT2D eigenvalue weighted by atomic mass is 16.7. The molecule has 1 rings (SSSR count). The third-order valence-electron chi connectivity index (χ3n) is 3.22. The van der Waals surface area contributed by atoms with E-state index in [0.29, 0.717) is 0 Å². The van der Waals surface area contributed by atoms with Crippen LogP contribution in [0.15, 0.2) is 0 Å². The summed E-state index contributed by atoms with van der Waals surface area (Å²) in [5, 5.41) is 0. The minimum Gasteiger partial charge on any atom is -0.463 e. The molecule has 120 valence electrons. The lowest BCUT2D eigenvalue weighted by molar-refractivity contribution is -0.180. The van der Waals surface area contributed by atoms with Crippen molar-refractivity contribution < 1.29 is 33.3 Å². The van der Waals surface area contributed by atoms with Crippen LogP contribution in [0.25, 0.3) is 0 Å². The van der Waals surface area contributed by atoms with Gasteiger partial charge in [0.15, 0.2) is 12.4 Å². The number of esters is 2. The highest BCUT2D eigenvalue weighted by Gasteiger charge is 2.50. The largest absolute Gasteiger partial charge is 0.463 e. The summed E-state index contributed by atoms with van der Waals surface area (Å²) in [5.74, 6) is -1.21. The van der Waals surface area contributed by atoms with Gasteiger partial charge in [0.05, 0.1) is 0 Å². The van der Waals surface area contributed by atoms with Crippen molar-refractivity contribution in [1.82, 2.24) is 4.90 Å². The Bertz CT molecular complexity index is 411. The predicted molar refractivity (Wildman–Crippen MR) is 70.1 cm³/mol. The van der Waals surface area contributed by atoms with E-state index in [2.05, 4.69) is 0 Å². The molecule has 1 amide bonds. The Morgan fingerprint density at radius 1 is 1.14 bits per heavy atom. The molecule has 0 bridgehead atoms. The Kier molecular flexibility index (Phi) is 6.10. The number of ether oxygens (including phenoxy) is 4. The number of methoxy groups -OCH3 is 1. The maximum Gasteiger partial charge on any atom is 0.303 e. The molecule has 1 saturated heterocycles. The van der Waals surface area contributed by atoms with Gasteiger partial charge >= 0.3 is 11.9 Å². The Hall–Kier alpha value is -1.67. The predicted octanol–water partition coefficient (Wildman–Crippen LogP) is -0.301. The lowest BCUT2D eigenvalue weighted by Crippen LogP contribution is -2.50. The summed E-state index contributed by atoms with van der Waals surface area (Å²) >= 11 is 0. The van der Waals surface area contributed by atoms with Crippen LogP contribution in [-0.4, -0.2) is 68.0 Å². The lowest BCUT2D eigenvalue weighted by atomic mass is 10.1. The molecule has 0 spiro atoms. The molecule has 1 aliphatic rings. The Morgan fingerprint density at radius 3 is 2.19 bits per heavy atom. The average molecular weight is 303 g/mol. The highest BCUT2D eigenvalue weighted by Crippen LogP contribution is 2.28. The molecule has 21 heavy (non-hydrogen) atoms. The molecular formula is C13H21NO7. The number of carbonyl (C=O) groups is 3. The van der Waals surface area contributed by atoms with Crippen molar-refractivity contribution in [1.29, 1.82) is 0 Å². The van der Waals surface area contributed by atoms with E-state index in [4.69, 9.17) is 18.9 Å². The van der Waals surface area contributed by atoms with E-state index in [1.165, 1.54) is 32.8 Å². The van der Waals surface area contributed by atoms with Crippen molar-refractivity contribution in [3.8, 4) is 0 Å². The van der Waals surface area contributed by atoms with Gasteiger partial charge in [-0.2, -0.15) is 0 Å². The molecule has 0 aliphatic carbocycles. The number of amides is 1. The van der Waals surface area contributed by atoms with E-state index < -0.39 is 36.5 Å². The molecule has 1 aliphatic heterocycles. The zero-order valence-electron chi connectivity index (χ0n) is 12.8. The zero-order valence-corrected chi connectivity index (χ0v) is 12.8. The van der Waals surface area contributed by atoms with Crippen molar-refractivity contribution >= 4 is 17.8 Å². The summed E-state index contributed by atoms with van der Waals surface area (Å²) in [5.41, 5.74) is 0. The first-order valence-corrected chi connectivity index (χ1v) is 6.50. The summed E-state index contributed by atoms with van der Waals surface area (Å²) in [6.07, 6.45) is -2.26. The van der Waals surface area contributed by atoms with Crippen LogP contribution in [0.5, 0.6) is 0 Å². The number of carbonyl (C=O) groups excluding carboxylic acids is 3. The van der Waals surface area contributed by atoms with E-state index in [9.17, 15) is 14.4 Å². The van der Waals surface area contributed by atoms with Gasteiger partial charge in [0, 0.05) is 34.9 Å². The van der Waals surface area contributed by atoms with Gasteiger partial charge in [-0.3, -0.25) is 14.4 Å². The quantitative estimate of drug-likeness (QED) is 0.644. The van der Waals surface area contributed by atoms with E-state index in [1.54, 1.807) is 7.05 Å². The second kappa shape index (κ2) is 7.37. The van der Waals surface area contributed by atoms with Crippen LogP contribution in [0.4, 0.5) is 0 Å². The molecule has 0 unspecified atom stereocenters. The molecular weight excluding hydrogens is 282 g/mol. The van der Waals surface area contributed by atoms with Gasteiger partial charge in [0.1, 0.15) is 18.8 Å². The number of likely N-dealkylation sites (N-methyl/N-ethyl adjacent to an activating group) is 1. The Labute approximate surface area is 123 Å². The van der Waals surface area contributed by atoms with Gasteiger partial charge < -0.3 is 23.8 Å². The summed E-state index contributed by atoms with van der Waals surface area (Å²) < 4.78 is 20.9. The summed E-state index contributed by atoms with van der Waals surface area (Å²) in [7, 11) is 2.96. The lowest BCUT2D eigenvalue weighted by Gasteiger charge is -2.30. The third kappa shape index (κ3) is 4.40. The second-order valence-corrected chi connectivity index (χ2v) is 4.78. The van der Waals surface area contributed by atoms with Crippen LogP contribution in [0.3, 0.4) is 0 Å². The van der Waals surface area contributed by atoms with Crippen LogP contribution < -0.4 is 0 Å². The van der Waals surface area contributed by atoms with Crippen LogP contribution in [0, 0.1) is 0 Å². The molecule has 0 radical (unpaired) electrons. The molecule has 4 atom stereocenters. The first kappa shape index (κ1) is 17.4. The van der Waals surface area contributed by atoms with Gasteiger partial charge in [-0.1, -0.05) is 0 Å². The molecule has 8 nitrogen and oxygen atoms in total. The fraction of sp³-hybridized carbons (Fsp3) is 0.769. The topological polar surface area (TPSA) is 91.4 Å². The summed E-state index contributed by atoms with van der Waals surface area (Å²) in [6.45, 7) is 3.86. The molecule has 0 aromatic heterocycles. The molecule has 8 heteroatoms. The minimum absolute atomic E-state index is 0.0603. The standard InChI is InChI=1S/C13H21NO7/c1-7(15)14(4)11-10(6-19-8(2)16)21-13(18-5)12(11)20-9(3)17/h10-13H,6H2,1-5H3/t10-,11+,12-,13+/m1/s1. The number of rotatable bonds is 5. The van der Waals surface area contributed by atoms with Gasteiger partial charge in [0.25, 0.3) is 0 Å². The Morgan fingerprint density at radius 2 is 1.76 bits per heavy atom. The molecule has 0 saturated carbocycles. The van der Waals surface area contributed by atoms with Crippen LogP contribution in [0.2, 0.25) is 0 Å². The van der Waals surface area contributed by atoms with E-state index in [-0.39, 0.29) is 12.5 Å². The van der Waals surface area contributed by atoms with Crippen LogP contribution in [-0.2, 0) is 33.3 Å². The zero-order chi connectivity index (χ0) is 16.2. The van der Waals surface area contributed by atoms with Crippen LogP contribution in [0.1, 0.15) is 20.8 Å². The number of nitrogens with zero attached hydrogens (tertiary/aromatic N) is 1. The average Bonchev–Trinajstić information content (AvgIpc) is 2.72. The van der Waals surface area contributed by atoms with Crippen LogP contribution >= 0.6 is 0 Å². The van der Waals surface area contributed by atoms with E-state index in [0.717, 1.165) is 0 Å². The van der Waals surface area contributed by atoms with Crippen molar-refractivity contribution in [3.05, 3.63) is 0 Å². The van der Waals surface area contributed by atoms with Crippen molar-refractivity contribution in [2.75, 3.05) is 20.8 Å². The summed E-state index contributed by atoms with van der Waals surface area (Å²) in [4.78, 5) is 35.2. The maximum atomic E-state index is 11.6. The fourth-order valence-electron chi connectivity index (χ4n) is 2.23. The molecule has 0 aromatic carbocycles. The second-order valence-electron chi connectivity index (χ2n) is 4.78. The number of hydrogen-bond donors (Lipinski definition) is 0. The molecule has 0 aromatic rings. The smallest absolute Gasteiger partial charge is 0.303 e. The summed E-state index contributed by atoms with van der Waals surface area (Å²) in [6, 6.07) is -0.601. The monoisotopic (exact) mass is 303 g/mol. The van der Waals surface area contributed by atoms with Crippen molar-refractivity contribution in [2.24, 2.45) is 0 Å².